The van der Waals surface area contributed by atoms with E-state index < -0.39 is 16.7 Å². The molecule has 0 bridgehead atoms. The van der Waals surface area contributed by atoms with Gasteiger partial charge in [0.25, 0.3) is 5.91 Å². The summed E-state index contributed by atoms with van der Waals surface area (Å²) in [7, 11) is -0.970. The maximum Gasteiger partial charge on any atom is 0.274 e. The number of nitrogens with one attached hydrogen (secondary N) is 1. The zero-order valence-corrected chi connectivity index (χ0v) is 15.6. The van der Waals surface area contributed by atoms with Gasteiger partial charge in [-0.25, -0.2) is 5.48 Å². The van der Waals surface area contributed by atoms with Crippen molar-refractivity contribution >= 4 is 43.5 Å². The van der Waals surface area contributed by atoms with Gasteiger partial charge in [-0.2, -0.15) is 0 Å². The molecule has 0 aliphatic carbocycles. The lowest BCUT2D eigenvalue weighted by atomic mass is 10.1. The third-order valence-corrected chi connectivity index (χ3v) is 6.44. The fourth-order valence-electron chi connectivity index (χ4n) is 3.38. The standard InChI is InChI=1S/C18H15BrN2O3S/c19-13-4-5-15-14(9-13)17-16(6-7-25(17)24)21(15)10-11-2-1-3-12(8-11)18(22)20-23/h1-5,8-9,23H,6-7,10H2,(H,20,22). The summed E-state index contributed by atoms with van der Waals surface area (Å²) in [6.07, 6.45) is 0.783. The second-order valence-electron chi connectivity index (χ2n) is 5.96. The van der Waals surface area contributed by atoms with Crippen LogP contribution in [-0.4, -0.2) is 25.6 Å². The molecule has 1 amide bonds. The first kappa shape index (κ1) is 16.5. The highest BCUT2D eigenvalue weighted by molar-refractivity contribution is 9.10. The molecule has 7 heteroatoms. The van der Waals surface area contributed by atoms with Crippen LogP contribution in [0.5, 0.6) is 0 Å². The van der Waals surface area contributed by atoms with Gasteiger partial charge < -0.3 is 4.57 Å². The van der Waals surface area contributed by atoms with Crippen LogP contribution < -0.4 is 5.48 Å². The van der Waals surface area contributed by atoms with Crippen molar-refractivity contribution in [1.29, 1.82) is 0 Å². The van der Waals surface area contributed by atoms with Gasteiger partial charge in [-0.3, -0.25) is 14.2 Å². The molecule has 128 valence electrons. The minimum absolute atomic E-state index is 0.402. The second-order valence-corrected chi connectivity index (χ2v) is 8.39. The van der Waals surface area contributed by atoms with Crippen LogP contribution in [0.15, 0.2) is 51.8 Å². The summed E-state index contributed by atoms with van der Waals surface area (Å²) in [6.45, 7) is 0.581. The molecule has 0 spiro atoms. The molecule has 25 heavy (non-hydrogen) atoms. The van der Waals surface area contributed by atoms with E-state index in [1.165, 1.54) is 0 Å². The molecule has 3 aromatic rings. The third-order valence-electron chi connectivity index (χ3n) is 4.47. The average molecular weight is 419 g/mol. The van der Waals surface area contributed by atoms with Crippen LogP contribution in [0, 0.1) is 0 Å². The highest BCUT2D eigenvalue weighted by Gasteiger charge is 2.27. The Morgan fingerprint density at radius 2 is 2.12 bits per heavy atom. The Morgan fingerprint density at radius 1 is 1.28 bits per heavy atom. The van der Waals surface area contributed by atoms with Crippen LogP contribution in [0.2, 0.25) is 0 Å². The summed E-state index contributed by atoms with van der Waals surface area (Å²) in [5, 5.41) is 9.83. The molecule has 0 saturated carbocycles. The quantitative estimate of drug-likeness (QED) is 0.506. The molecule has 1 aromatic heterocycles. The predicted molar refractivity (Wildman–Crippen MR) is 99.4 cm³/mol. The lowest BCUT2D eigenvalue weighted by molar-refractivity contribution is 0.0706. The van der Waals surface area contributed by atoms with Gasteiger partial charge in [0.15, 0.2) is 0 Å². The van der Waals surface area contributed by atoms with Crippen molar-refractivity contribution in [3.05, 3.63) is 63.8 Å². The second kappa shape index (κ2) is 6.40. The zero-order chi connectivity index (χ0) is 17.6. The van der Waals surface area contributed by atoms with Crippen molar-refractivity contribution in [2.45, 2.75) is 17.9 Å². The predicted octanol–water partition coefficient (Wildman–Crippen LogP) is 3.23. The van der Waals surface area contributed by atoms with Crippen LogP contribution in [0.3, 0.4) is 0 Å². The average Bonchev–Trinajstić information content (AvgIpc) is 3.13. The third kappa shape index (κ3) is 2.82. The van der Waals surface area contributed by atoms with E-state index in [1.54, 1.807) is 23.7 Å². The molecule has 0 saturated heterocycles. The van der Waals surface area contributed by atoms with Crippen molar-refractivity contribution in [3.8, 4) is 0 Å². The van der Waals surface area contributed by atoms with E-state index >= 15 is 0 Å². The van der Waals surface area contributed by atoms with E-state index in [4.69, 9.17) is 5.21 Å². The van der Waals surface area contributed by atoms with Gasteiger partial charge in [-0.05, 0) is 35.9 Å². The normalized spacial score (nSPS) is 16.2. The number of amides is 1. The summed E-state index contributed by atoms with van der Waals surface area (Å²) in [6, 6.07) is 13.2. The Kier molecular flexibility index (Phi) is 4.23. The van der Waals surface area contributed by atoms with E-state index in [-0.39, 0.29) is 0 Å². The van der Waals surface area contributed by atoms with Gasteiger partial charge in [0, 0.05) is 45.4 Å². The van der Waals surface area contributed by atoms with Gasteiger partial charge in [0.1, 0.15) is 0 Å². The first-order valence-corrected chi connectivity index (χ1v) is 9.92. The molecule has 1 aliphatic heterocycles. The maximum absolute atomic E-state index is 12.4. The number of hydroxylamine groups is 1. The number of fused-ring (bicyclic) bond motifs is 3. The molecule has 2 heterocycles. The van der Waals surface area contributed by atoms with Crippen LogP contribution in [0.1, 0.15) is 21.6 Å². The van der Waals surface area contributed by atoms with Gasteiger partial charge in [-0.15, -0.1) is 0 Å². The number of aromatic nitrogens is 1. The van der Waals surface area contributed by atoms with E-state index in [1.807, 2.05) is 24.3 Å². The maximum atomic E-state index is 12.4. The number of nitrogens with zero attached hydrogens (tertiary/aromatic N) is 1. The molecular weight excluding hydrogens is 404 g/mol. The summed E-state index contributed by atoms with van der Waals surface area (Å²) in [4.78, 5) is 12.6. The molecular formula is C18H15BrN2O3S. The van der Waals surface area contributed by atoms with Crippen molar-refractivity contribution in [1.82, 2.24) is 10.0 Å². The Balaban J connectivity index is 1.83. The van der Waals surface area contributed by atoms with Crippen LogP contribution in [-0.2, 0) is 23.8 Å². The lowest BCUT2D eigenvalue weighted by Crippen LogP contribution is -2.18. The monoisotopic (exact) mass is 418 g/mol. The molecule has 1 aliphatic rings. The van der Waals surface area contributed by atoms with Gasteiger partial charge >= 0.3 is 0 Å². The van der Waals surface area contributed by atoms with E-state index in [0.29, 0.717) is 17.9 Å². The van der Waals surface area contributed by atoms with Crippen molar-refractivity contribution in [2.75, 3.05) is 5.75 Å². The Morgan fingerprint density at radius 3 is 2.92 bits per heavy atom. The molecule has 1 atom stereocenters. The summed E-state index contributed by atoms with van der Waals surface area (Å²) in [5.41, 5.74) is 5.15. The van der Waals surface area contributed by atoms with Crippen LogP contribution >= 0.6 is 15.9 Å². The number of carbonyl (C=O) groups excluding carboxylic acids is 1. The number of benzene rings is 2. The van der Waals surface area contributed by atoms with Crippen LogP contribution in [0.4, 0.5) is 0 Å². The number of hydrogen-bond donors (Lipinski definition) is 2. The molecule has 5 nitrogen and oxygen atoms in total. The van der Waals surface area contributed by atoms with Crippen molar-refractivity contribution in [2.24, 2.45) is 0 Å². The molecule has 4 rings (SSSR count). The number of carbonyl (C=O) groups is 1. The minimum atomic E-state index is -0.970. The first-order chi connectivity index (χ1) is 12.1. The number of hydrogen-bond acceptors (Lipinski definition) is 3. The van der Waals surface area contributed by atoms with Gasteiger partial charge in [0.05, 0.1) is 15.7 Å². The molecule has 0 radical (unpaired) electrons. The van der Waals surface area contributed by atoms with Gasteiger partial charge in [0.2, 0.25) is 0 Å². The summed E-state index contributed by atoms with van der Waals surface area (Å²) >= 11 is 3.49. The largest absolute Gasteiger partial charge is 0.339 e. The Hall–Kier alpha value is -1.96. The molecule has 1 unspecified atom stereocenters. The Bertz CT molecular complexity index is 1030. The fourth-order valence-corrected chi connectivity index (χ4v) is 5.21. The summed E-state index contributed by atoms with van der Waals surface area (Å²) in [5.74, 6) is 0.120. The highest BCUT2D eigenvalue weighted by atomic mass is 79.9. The molecule has 2 aromatic carbocycles. The SMILES string of the molecule is O=C(NO)c1cccc(Cn2c3c(c4cc(Br)ccc42)S(=O)CC3)c1. The smallest absolute Gasteiger partial charge is 0.274 e. The summed E-state index contributed by atoms with van der Waals surface area (Å²) < 4.78 is 15.6. The van der Waals surface area contributed by atoms with E-state index in [9.17, 15) is 9.00 Å². The van der Waals surface area contributed by atoms with E-state index in [2.05, 4.69) is 20.5 Å². The Labute approximate surface area is 155 Å². The minimum Gasteiger partial charge on any atom is -0.339 e. The number of rotatable bonds is 3. The number of halogens is 1. The lowest BCUT2D eigenvalue weighted by Gasteiger charge is -2.10. The van der Waals surface area contributed by atoms with E-state index in [0.717, 1.165) is 37.9 Å². The van der Waals surface area contributed by atoms with Gasteiger partial charge in [-0.1, -0.05) is 28.1 Å². The molecule has 2 N–H and O–H groups in total. The highest BCUT2D eigenvalue weighted by Crippen LogP contribution is 2.36. The van der Waals surface area contributed by atoms with Crippen molar-refractivity contribution in [3.63, 3.8) is 0 Å². The van der Waals surface area contributed by atoms with Crippen molar-refractivity contribution < 1.29 is 14.2 Å². The van der Waals surface area contributed by atoms with Crippen LogP contribution in [0.25, 0.3) is 10.9 Å². The molecule has 0 fully saturated rings. The fraction of sp³-hybridized carbons (Fsp3) is 0.167. The zero-order valence-electron chi connectivity index (χ0n) is 13.2. The first-order valence-electron chi connectivity index (χ1n) is 7.81. The topological polar surface area (TPSA) is 71.3 Å².